The van der Waals surface area contributed by atoms with Crippen LogP contribution in [-0.4, -0.2) is 47.4 Å². The first-order valence-electron chi connectivity index (χ1n) is 13.6. The van der Waals surface area contributed by atoms with E-state index in [1.807, 2.05) is 26.2 Å². The standard InChI is InChI=1S/C20H24FN3O.C10H12ClN3O/c1-14-11-17(8-10-23-14)20(22-2,9-7-15-3-4-15)16-5-6-18(21)19(12-16)24-13-25;11-8-3-4-9(12-7-8)13-10(15)14-5-1-2-6-14/h5-6,8,10-13,15,22H,3-4,7,9H2,1-2H3,(H,24,25);3-4,7H,1-2,5-6H2,(H,12,13,15). The number of urea groups is 1. The van der Waals surface area contributed by atoms with E-state index in [1.54, 1.807) is 29.2 Å². The van der Waals surface area contributed by atoms with E-state index < -0.39 is 11.4 Å². The summed E-state index contributed by atoms with van der Waals surface area (Å²) in [4.78, 5) is 32.5. The number of amides is 3. The molecule has 5 rings (SSSR count). The molecular formula is C30H36ClFN6O2. The molecule has 2 aromatic heterocycles. The number of aryl methyl sites for hydroxylation is 1. The number of nitrogens with one attached hydrogen (secondary N) is 3. The predicted molar refractivity (Wildman–Crippen MR) is 156 cm³/mol. The Hall–Kier alpha value is -3.56. The number of anilines is 2. The first kappa shape index (κ1) is 29.4. The van der Waals surface area contributed by atoms with E-state index in [2.05, 4.69) is 32.0 Å². The van der Waals surface area contributed by atoms with Crippen LogP contribution in [0, 0.1) is 18.7 Å². The van der Waals surface area contributed by atoms with Crippen molar-refractivity contribution >= 4 is 35.5 Å². The molecule has 10 heteroatoms. The van der Waals surface area contributed by atoms with Crippen LogP contribution in [0.3, 0.4) is 0 Å². The van der Waals surface area contributed by atoms with Crippen LogP contribution in [0.25, 0.3) is 0 Å². The molecule has 8 nitrogen and oxygen atoms in total. The maximum atomic E-state index is 14.0. The first-order chi connectivity index (χ1) is 19.3. The highest BCUT2D eigenvalue weighted by molar-refractivity contribution is 6.30. The lowest BCUT2D eigenvalue weighted by atomic mass is 9.78. The second kappa shape index (κ2) is 13.7. The van der Waals surface area contributed by atoms with E-state index in [-0.39, 0.29) is 11.7 Å². The Labute approximate surface area is 239 Å². The Morgan fingerprint density at radius 1 is 1.12 bits per heavy atom. The molecule has 40 heavy (non-hydrogen) atoms. The normalized spacial score (nSPS) is 15.9. The summed E-state index contributed by atoms with van der Waals surface area (Å²) in [6.07, 6.45) is 10.6. The average Bonchev–Trinajstić information content (AvgIpc) is 3.62. The van der Waals surface area contributed by atoms with E-state index in [0.29, 0.717) is 17.3 Å². The third-order valence-electron chi connectivity index (χ3n) is 7.47. The van der Waals surface area contributed by atoms with Crippen LogP contribution in [0.2, 0.25) is 5.02 Å². The van der Waals surface area contributed by atoms with Gasteiger partial charge in [0.25, 0.3) is 0 Å². The Balaban J connectivity index is 0.000000210. The van der Waals surface area contributed by atoms with Crippen molar-refractivity contribution in [2.24, 2.45) is 5.92 Å². The van der Waals surface area contributed by atoms with Gasteiger partial charge in [-0.25, -0.2) is 14.2 Å². The number of likely N-dealkylation sites (tertiary alicyclic amines) is 1. The number of rotatable bonds is 9. The lowest BCUT2D eigenvalue weighted by molar-refractivity contribution is -0.105. The fraction of sp³-hybridized carbons (Fsp3) is 0.400. The summed E-state index contributed by atoms with van der Waals surface area (Å²) in [6, 6.07) is 12.3. The Bertz CT molecular complexity index is 1300. The van der Waals surface area contributed by atoms with Crippen LogP contribution in [0.5, 0.6) is 0 Å². The molecular weight excluding hydrogens is 531 g/mol. The van der Waals surface area contributed by atoms with Gasteiger partial charge in [-0.15, -0.1) is 0 Å². The molecule has 2 fully saturated rings. The summed E-state index contributed by atoms with van der Waals surface area (Å²) in [5.41, 5.74) is 2.74. The van der Waals surface area contributed by atoms with Crippen LogP contribution < -0.4 is 16.0 Å². The summed E-state index contributed by atoms with van der Waals surface area (Å²) in [5.74, 6) is 0.883. The van der Waals surface area contributed by atoms with Crippen molar-refractivity contribution in [2.45, 2.75) is 51.0 Å². The molecule has 3 aromatic rings. The number of benzene rings is 1. The van der Waals surface area contributed by atoms with Crippen LogP contribution in [-0.2, 0) is 10.3 Å². The average molecular weight is 567 g/mol. The summed E-state index contributed by atoms with van der Waals surface area (Å²) < 4.78 is 14.0. The summed E-state index contributed by atoms with van der Waals surface area (Å²) in [5, 5.41) is 9.23. The molecule has 1 unspecified atom stereocenters. The highest BCUT2D eigenvalue weighted by atomic mass is 35.5. The first-order valence-corrected chi connectivity index (χ1v) is 14.0. The van der Waals surface area contributed by atoms with Crippen molar-refractivity contribution in [3.8, 4) is 0 Å². The van der Waals surface area contributed by atoms with Gasteiger partial charge in [-0.2, -0.15) is 0 Å². The molecule has 3 heterocycles. The SMILES string of the molecule is CNC(CCC1CC1)(c1ccnc(C)c1)c1ccc(F)c(NC=O)c1.O=C(Nc1ccc(Cl)cn1)N1CCCC1. The maximum Gasteiger partial charge on any atom is 0.323 e. The second-order valence-electron chi connectivity index (χ2n) is 10.3. The fourth-order valence-electron chi connectivity index (χ4n) is 5.03. The minimum absolute atomic E-state index is 0.0812. The van der Waals surface area contributed by atoms with Gasteiger partial charge >= 0.3 is 6.03 Å². The molecule has 1 aliphatic heterocycles. The zero-order valence-electron chi connectivity index (χ0n) is 22.9. The van der Waals surface area contributed by atoms with Crippen molar-refractivity contribution in [1.82, 2.24) is 20.2 Å². The molecule has 3 amide bonds. The minimum atomic E-state index is -0.441. The lowest BCUT2D eigenvalue weighted by Crippen LogP contribution is -2.41. The van der Waals surface area contributed by atoms with Crippen molar-refractivity contribution in [2.75, 3.05) is 30.8 Å². The van der Waals surface area contributed by atoms with Crippen LogP contribution in [0.1, 0.15) is 55.3 Å². The highest BCUT2D eigenvalue weighted by Gasteiger charge is 2.35. The Morgan fingerprint density at radius 2 is 1.88 bits per heavy atom. The molecule has 0 bridgehead atoms. The van der Waals surface area contributed by atoms with Crippen LogP contribution in [0.15, 0.2) is 54.9 Å². The summed E-state index contributed by atoms with van der Waals surface area (Å²) in [6.45, 7) is 3.63. The van der Waals surface area contributed by atoms with Gasteiger partial charge in [0.05, 0.1) is 16.2 Å². The van der Waals surface area contributed by atoms with Crippen molar-refractivity contribution in [1.29, 1.82) is 0 Å². The van der Waals surface area contributed by atoms with Gasteiger partial charge in [0.2, 0.25) is 6.41 Å². The smallest absolute Gasteiger partial charge is 0.323 e. The molecule has 212 valence electrons. The number of hydrogen-bond acceptors (Lipinski definition) is 5. The number of nitrogens with zero attached hydrogens (tertiary/aromatic N) is 3. The lowest BCUT2D eigenvalue weighted by Gasteiger charge is -2.35. The van der Waals surface area contributed by atoms with Gasteiger partial charge in [0, 0.05) is 31.2 Å². The number of carbonyl (C=O) groups is 2. The number of pyridine rings is 2. The fourth-order valence-corrected chi connectivity index (χ4v) is 5.14. The molecule has 0 spiro atoms. The summed E-state index contributed by atoms with van der Waals surface area (Å²) >= 11 is 5.69. The zero-order valence-corrected chi connectivity index (χ0v) is 23.7. The maximum absolute atomic E-state index is 14.0. The monoisotopic (exact) mass is 566 g/mol. The van der Waals surface area contributed by atoms with Gasteiger partial charge < -0.3 is 15.5 Å². The Morgan fingerprint density at radius 3 is 2.50 bits per heavy atom. The van der Waals surface area contributed by atoms with Crippen molar-refractivity contribution in [3.05, 3.63) is 82.5 Å². The van der Waals surface area contributed by atoms with Crippen molar-refractivity contribution < 1.29 is 14.0 Å². The number of halogens is 2. The molecule has 0 radical (unpaired) electrons. The molecule has 3 N–H and O–H groups in total. The topological polar surface area (TPSA) is 99.2 Å². The molecule has 1 saturated carbocycles. The van der Waals surface area contributed by atoms with E-state index in [4.69, 9.17) is 11.6 Å². The molecule has 1 saturated heterocycles. The predicted octanol–water partition coefficient (Wildman–Crippen LogP) is 6.11. The van der Waals surface area contributed by atoms with Crippen LogP contribution in [0.4, 0.5) is 20.7 Å². The van der Waals surface area contributed by atoms with Gasteiger partial charge in [-0.1, -0.05) is 30.5 Å². The highest BCUT2D eigenvalue weighted by Crippen LogP contribution is 2.41. The van der Waals surface area contributed by atoms with Gasteiger partial charge in [-0.3, -0.25) is 15.1 Å². The van der Waals surface area contributed by atoms with Gasteiger partial charge in [0.1, 0.15) is 11.6 Å². The summed E-state index contributed by atoms with van der Waals surface area (Å²) in [7, 11) is 1.93. The largest absolute Gasteiger partial charge is 0.326 e. The van der Waals surface area contributed by atoms with Crippen molar-refractivity contribution in [3.63, 3.8) is 0 Å². The molecule has 1 atom stereocenters. The minimum Gasteiger partial charge on any atom is -0.326 e. The van der Waals surface area contributed by atoms with Gasteiger partial charge in [-0.05, 0) is 93.1 Å². The third-order valence-corrected chi connectivity index (χ3v) is 7.69. The zero-order chi connectivity index (χ0) is 28.5. The quantitative estimate of drug-likeness (QED) is 0.271. The third kappa shape index (κ3) is 7.55. The van der Waals surface area contributed by atoms with E-state index in [1.165, 1.54) is 25.1 Å². The van der Waals surface area contributed by atoms with E-state index in [9.17, 15) is 14.0 Å². The van der Waals surface area contributed by atoms with E-state index >= 15 is 0 Å². The van der Waals surface area contributed by atoms with Crippen LogP contribution >= 0.6 is 11.6 Å². The Kier molecular flexibility index (Phi) is 10.1. The van der Waals surface area contributed by atoms with Gasteiger partial charge in [0.15, 0.2) is 0 Å². The number of hydrogen-bond donors (Lipinski definition) is 3. The van der Waals surface area contributed by atoms with E-state index in [0.717, 1.165) is 61.5 Å². The number of carbonyl (C=O) groups excluding carboxylic acids is 2. The molecule has 1 aliphatic carbocycles. The molecule has 2 aliphatic rings. The second-order valence-corrected chi connectivity index (χ2v) is 10.7. The molecule has 1 aromatic carbocycles. The number of aromatic nitrogens is 2.